The van der Waals surface area contributed by atoms with Crippen molar-refractivity contribution in [3.8, 4) is 0 Å². The van der Waals surface area contributed by atoms with Crippen molar-refractivity contribution in [2.45, 2.75) is 65.1 Å². The Bertz CT molecular complexity index is 1400. The van der Waals surface area contributed by atoms with Crippen LogP contribution in [-0.2, 0) is 22.2 Å². The number of benzene rings is 2. The Labute approximate surface area is 273 Å². The van der Waals surface area contributed by atoms with Gasteiger partial charge in [0.2, 0.25) is 11.8 Å². The molecule has 0 aliphatic carbocycles. The number of urea groups is 1. The third-order valence-electron chi connectivity index (χ3n) is 8.69. The van der Waals surface area contributed by atoms with Crippen LogP contribution >= 0.6 is 23.2 Å². The Kier molecular flexibility index (Phi) is 11.3. The van der Waals surface area contributed by atoms with Gasteiger partial charge in [-0.3, -0.25) is 14.5 Å². The number of piperazine rings is 1. The lowest BCUT2D eigenvalue weighted by Crippen LogP contribution is -2.60. The van der Waals surface area contributed by atoms with E-state index in [9.17, 15) is 27.6 Å². The predicted molar refractivity (Wildman–Crippen MR) is 171 cm³/mol. The summed E-state index contributed by atoms with van der Waals surface area (Å²) < 4.78 is 40.6. The standard InChI is InChI=1S/C33H41Cl2F3N4O3/c1-21(2)5-8-30(43)40-11-9-24(10-12-40)31(44)41-13-14-42(27(20-41)17-23-6-7-28(34)29(35)18-23)32(45)39(4)26-16-22(3)15-25(19-26)33(36,37)38/h6-7,15-16,18-19,21,24,27H,5,8-14,17,20H2,1-4H3/t27-/m1/s1. The fourth-order valence-corrected chi connectivity index (χ4v) is 6.37. The molecule has 2 aliphatic rings. The number of aryl methyl sites for hydroxylation is 1. The monoisotopic (exact) mass is 668 g/mol. The molecule has 0 radical (unpaired) electrons. The van der Waals surface area contributed by atoms with E-state index < -0.39 is 23.8 Å². The average molecular weight is 670 g/mol. The lowest BCUT2D eigenvalue weighted by atomic mass is 9.93. The first-order valence-electron chi connectivity index (χ1n) is 15.4. The molecule has 2 aliphatic heterocycles. The Hall–Kier alpha value is -2.98. The van der Waals surface area contributed by atoms with Crippen LogP contribution in [0.4, 0.5) is 23.7 Å². The van der Waals surface area contributed by atoms with E-state index in [2.05, 4.69) is 13.8 Å². The van der Waals surface area contributed by atoms with E-state index in [-0.39, 0.29) is 36.5 Å². The molecule has 2 aromatic carbocycles. The summed E-state index contributed by atoms with van der Waals surface area (Å²) in [4.78, 5) is 46.6. The number of likely N-dealkylation sites (tertiary alicyclic amines) is 1. The van der Waals surface area contributed by atoms with Gasteiger partial charge < -0.3 is 14.7 Å². The van der Waals surface area contributed by atoms with Gasteiger partial charge in [-0.25, -0.2) is 4.79 Å². The minimum absolute atomic E-state index is 0.00243. The summed E-state index contributed by atoms with van der Waals surface area (Å²) in [6, 6.07) is 7.84. The normalized spacial score (nSPS) is 18.0. The highest BCUT2D eigenvalue weighted by atomic mass is 35.5. The largest absolute Gasteiger partial charge is 0.416 e. The van der Waals surface area contributed by atoms with Gasteiger partial charge in [-0.1, -0.05) is 43.1 Å². The second kappa shape index (κ2) is 14.6. The molecule has 4 amide bonds. The molecular formula is C33H41Cl2F3N4O3. The number of rotatable bonds is 7. The number of anilines is 1. The summed E-state index contributed by atoms with van der Waals surface area (Å²) in [6.45, 7) is 7.58. The van der Waals surface area contributed by atoms with Gasteiger partial charge in [0.15, 0.2) is 0 Å². The highest BCUT2D eigenvalue weighted by Gasteiger charge is 2.38. The molecule has 2 heterocycles. The van der Waals surface area contributed by atoms with E-state index in [1.807, 2.05) is 11.0 Å². The van der Waals surface area contributed by atoms with Gasteiger partial charge >= 0.3 is 12.2 Å². The van der Waals surface area contributed by atoms with Crippen LogP contribution in [-0.4, -0.2) is 78.4 Å². The maximum atomic E-state index is 13.8. The quantitative estimate of drug-likeness (QED) is 0.311. The van der Waals surface area contributed by atoms with Crippen molar-refractivity contribution in [3.63, 3.8) is 0 Å². The Morgan fingerprint density at radius 2 is 1.64 bits per heavy atom. The molecule has 2 fully saturated rings. The van der Waals surface area contributed by atoms with E-state index in [1.165, 1.54) is 11.9 Å². The van der Waals surface area contributed by atoms with Crippen LogP contribution in [0.25, 0.3) is 0 Å². The van der Waals surface area contributed by atoms with Crippen LogP contribution in [0, 0.1) is 18.8 Å². The minimum atomic E-state index is -4.55. The van der Waals surface area contributed by atoms with Crippen LogP contribution in [0.2, 0.25) is 10.0 Å². The van der Waals surface area contributed by atoms with Crippen molar-refractivity contribution in [1.82, 2.24) is 14.7 Å². The highest BCUT2D eigenvalue weighted by molar-refractivity contribution is 6.42. The van der Waals surface area contributed by atoms with Crippen molar-refractivity contribution in [2.75, 3.05) is 44.7 Å². The summed E-state index contributed by atoms with van der Waals surface area (Å²) in [6.07, 6.45) is -1.67. The van der Waals surface area contributed by atoms with Crippen LogP contribution < -0.4 is 4.90 Å². The molecule has 0 saturated carbocycles. The molecule has 0 unspecified atom stereocenters. The molecule has 4 rings (SSSR count). The molecule has 0 N–H and O–H groups in total. The SMILES string of the molecule is Cc1cc(N(C)C(=O)N2CCN(C(=O)C3CCN(C(=O)CCC(C)C)CC3)C[C@H]2Cc2ccc(Cl)c(Cl)c2)cc(C(F)(F)F)c1. The van der Waals surface area contributed by atoms with E-state index in [0.29, 0.717) is 66.8 Å². The molecule has 0 bridgehead atoms. The number of halogens is 5. The first kappa shape index (κ1) is 34.9. The number of hydrogen-bond acceptors (Lipinski definition) is 3. The maximum Gasteiger partial charge on any atom is 0.416 e. The number of hydrogen-bond donors (Lipinski definition) is 0. The third-order valence-corrected chi connectivity index (χ3v) is 9.43. The van der Waals surface area contributed by atoms with Gasteiger partial charge in [-0.2, -0.15) is 13.2 Å². The second-order valence-corrected chi connectivity index (χ2v) is 13.4. The van der Waals surface area contributed by atoms with Crippen molar-refractivity contribution in [1.29, 1.82) is 0 Å². The van der Waals surface area contributed by atoms with Crippen molar-refractivity contribution in [3.05, 3.63) is 63.1 Å². The molecule has 7 nitrogen and oxygen atoms in total. The lowest BCUT2D eigenvalue weighted by Gasteiger charge is -2.44. The average Bonchev–Trinajstić information content (AvgIpc) is 3.00. The van der Waals surface area contributed by atoms with Crippen molar-refractivity contribution < 1.29 is 27.6 Å². The molecule has 1 atom stereocenters. The fraction of sp³-hybridized carbons (Fsp3) is 0.545. The van der Waals surface area contributed by atoms with Gasteiger partial charge in [-0.15, -0.1) is 0 Å². The minimum Gasteiger partial charge on any atom is -0.343 e. The number of alkyl halides is 3. The van der Waals surface area contributed by atoms with Crippen LogP contribution in [0.3, 0.4) is 0 Å². The van der Waals surface area contributed by atoms with Crippen molar-refractivity contribution >= 4 is 46.7 Å². The van der Waals surface area contributed by atoms with Crippen LogP contribution in [0.5, 0.6) is 0 Å². The van der Waals surface area contributed by atoms with Gasteiger partial charge in [0.05, 0.1) is 21.7 Å². The van der Waals surface area contributed by atoms with E-state index >= 15 is 0 Å². The summed E-state index contributed by atoms with van der Waals surface area (Å²) in [5, 5.41) is 0.754. The summed E-state index contributed by atoms with van der Waals surface area (Å²) >= 11 is 12.4. The van der Waals surface area contributed by atoms with E-state index in [0.717, 1.165) is 24.1 Å². The smallest absolute Gasteiger partial charge is 0.343 e. The highest BCUT2D eigenvalue weighted by Crippen LogP contribution is 2.33. The zero-order chi connectivity index (χ0) is 33.1. The van der Waals surface area contributed by atoms with E-state index in [1.54, 1.807) is 34.9 Å². The number of carbonyl (C=O) groups is 3. The fourth-order valence-electron chi connectivity index (χ4n) is 6.05. The lowest BCUT2D eigenvalue weighted by molar-refractivity contribution is -0.142. The molecule has 0 spiro atoms. The maximum absolute atomic E-state index is 13.8. The van der Waals surface area contributed by atoms with Gasteiger partial charge in [0, 0.05) is 57.8 Å². The number of piperidine rings is 1. The second-order valence-electron chi connectivity index (χ2n) is 12.6. The molecule has 2 saturated heterocycles. The zero-order valence-electron chi connectivity index (χ0n) is 26.2. The Morgan fingerprint density at radius 1 is 0.956 bits per heavy atom. The molecule has 0 aromatic heterocycles. The topological polar surface area (TPSA) is 64.2 Å². The number of carbonyl (C=O) groups excluding carboxylic acids is 3. The van der Waals surface area contributed by atoms with Crippen LogP contribution in [0.15, 0.2) is 36.4 Å². The van der Waals surface area contributed by atoms with Gasteiger partial charge in [-0.05, 0) is 80.0 Å². The number of nitrogens with zero attached hydrogens (tertiary/aromatic N) is 4. The first-order chi connectivity index (χ1) is 21.1. The zero-order valence-corrected chi connectivity index (χ0v) is 27.7. The third kappa shape index (κ3) is 8.85. The molecule has 246 valence electrons. The molecular weight excluding hydrogens is 628 g/mol. The summed E-state index contributed by atoms with van der Waals surface area (Å²) in [5.41, 5.74) is 0.503. The summed E-state index contributed by atoms with van der Waals surface area (Å²) in [5.74, 6) is 0.355. The van der Waals surface area contributed by atoms with Crippen LogP contribution in [0.1, 0.15) is 56.2 Å². The predicted octanol–water partition coefficient (Wildman–Crippen LogP) is 7.31. The Balaban J connectivity index is 1.50. The van der Waals surface area contributed by atoms with Gasteiger partial charge in [0.1, 0.15) is 0 Å². The Morgan fingerprint density at radius 3 is 2.27 bits per heavy atom. The van der Waals surface area contributed by atoms with Crippen molar-refractivity contribution in [2.24, 2.45) is 11.8 Å². The molecule has 12 heteroatoms. The summed E-state index contributed by atoms with van der Waals surface area (Å²) in [7, 11) is 1.46. The first-order valence-corrected chi connectivity index (χ1v) is 16.1. The molecule has 2 aromatic rings. The van der Waals surface area contributed by atoms with E-state index in [4.69, 9.17) is 23.2 Å². The van der Waals surface area contributed by atoms with Gasteiger partial charge in [0.25, 0.3) is 0 Å². The molecule has 45 heavy (non-hydrogen) atoms. The number of amides is 4.